The Morgan fingerprint density at radius 3 is 2.77 bits per heavy atom. The first kappa shape index (κ1) is 19.1. The number of hydrogen-bond donors (Lipinski definition) is 0. The van der Waals surface area contributed by atoms with Crippen LogP contribution in [0.15, 0.2) is 4.52 Å². The fourth-order valence-corrected chi connectivity index (χ4v) is 3.42. The van der Waals surface area contributed by atoms with Gasteiger partial charge in [-0.25, -0.2) is 4.79 Å². The minimum absolute atomic E-state index is 0.266. The van der Waals surface area contributed by atoms with E-state index in [1.165, 1.54) is 0 Å². The van der Waals surface area contributed by atoms with Crippen molar-refractivity contribution < 1.29 is 18.8 Å². The van der Waals surface area contributed by atoms with Crippen LogP contribution in [0, 0.1) is 0 Å². The second-order valence-corrected chi connectivity index (χ2v) is 8.31. The standard InChI is InChI=1S/C18H30N4O4/c1-12-10-13(6-7-21(12)5)16-19-15(20-26-16)14-11-24-9-8-22(14)17(23)25-18(2,3)4/h12-14H,6-11H2,1-5H3/t12-,13-,14+/m0/s1. The van der Waals surface area contributed by atoms with E-state index in [1.807, 2.05) is 20.8 Å². The molecular weight excluding hydrogens is 336 g/mol. The number of nitrogens with zero attached hydrogens (tertiary/aromatic N) is 4. The molecule has 1 aromatic rings. The Bertz CT molecular complexity index is 627. The first-order valence-electron chi connectivity index (χ1n) is 9.35. The number of carbonyl (C=O) groups excluding carboxylic acids is 1. The van der Waals surface area contributed by atoms with Gasteiger partial charge in [0.15, 0.2) is 5.82 Å². The predicted octanol–water partition coefficient (Wildman–Crippen LogP) is 2.58. The van der Waals surface area contributed by atoms with Gasteiger partial charge in [0.1, 0.15) is 11.6 Å². The lowest BCUT2D eigenvalue weighted by atomic mass is 9.92. The lowest BCUT2D eigenvalue weighted by Gasteiger charge is -2.35. The molecule has 0 N–H and O–H groups in total. The third-order valence-electron chi connectivity index (χ3n) is 5.07. The summed E-state index contributed by atoms with van der Waals surface area (Å²) in [5, 5.41) is 4.16. The van der Waals surface area contributed by atoms with Crippen LogP contribution in [0.1, 0.15) is 64.2 Å². The minimum Gasteiger partial charge on any atom is -0.444 e. The van der Waals surface area contributed by atoms with E-state index in [0.29, 0.717) is 37.5 Å². The molecule has 1 amide bonds. The summed E-state index contributed by atoms with van der Waals surface area (Å²) >= 11 is 0. The highest BCUT2D eigenvalue weighted by molar-refractivity contribution is 5.68. The molecule has 2 fully saturated rings. The maximum Gasteiger partial charge on any atom is 0.411 e. The lowest BCUT2D eigenvalue weighted by Crippen LogP contribution is -2.46. The van der Waals surface area contributed by atoms with E-state index >= 15 is 0 Å². The van der Waals surface area contributed by atoms with Crippen LogP contribution in [0.25, 0.3) is 0 Å². The zero-order chi connectivity index (χ0) is 18.9. The van der Waals surface area contributed by atoms with Crippen molar-refractivity contribution in [1.82, 2.24) is 19.9 Å². The molecule has 146 valence electrons. The molecule has 0 aliphatic carbocycles. The van der Waals surface area contributed by atoms with Crippen LogP contribution >= 0.6 is 0 Å². The number of rotatable bonds is 2. The normalized spacial score (nSPS) is 28.2. The molecule has 8 nitrogen and oxygen atoms in total. The molecule has 2 aliphatic heterocycles. The van der Waals surface area contributed by atoms with Crippen LogP contribution in [0.5, 0.6) is 0 Å². The molecule has 0 unspecified atom stereocenters. The van der Waals surface area contributed by atoms with Crippen LogP contribution in [-0.4, -0.2) is 71.0 Å². The van der Waals surface area contributed by atoms with Gasteiger partial charge in [-0.2, -0.15) is 4.98 Å². The van der Waals surface area contributed by atoms with Gasteiger partial charge in [0.2, 0.25) is 5.89 Å². The summed E-state index contributed by atoms with van der Waals surface area (Å²) in [7, 11) is 2.14. The second kappa shape index (κ2) is 7.52. The highest BCUT2D eigenvalue weighted by atomic mass is 16.6. The number of ether oxygens (including phenoxy) is 2. The van der Waals surface area contributed by atoms with Crippen molar-refractivity contribution in [3.63, 3.8) is 0 Å². The maximum atomic E-state index is 12.5. The van der Waals surface area contributed by atoms with Crippen LogP contribution in [0.3, 0.4) is 0 Å². The average molecular weight is 366 g/mol. The number of carbonyl (C=O) groups is 1. The summed E-state index contributed by atoms with van der Waals surface area (Å²) in [6.45, 7) is 10.1. The van der Waals surface area contributed by atoms with Crippen molar-refractivity contribution in [2.45, 2.75) is 64.1 Å². The van der Waals surface area contributed by atoms with Gasteiger partial charge in [-0.05, 0) is 54.1 Å². The van der Waals surface area contributed by atoms with E-state index < -0.39 is 5.60 Å². The van der Waals surface area contributed by atoms with Gasteiger partial charge in [-0.15, -0.1) is 0 Å². The monoisotopic (exact) mass is 366 g/mol. The summed E-state index contributed by atoms with van der Waals surface area (Å²) < 4.78 is 16.6. The Kier molecular flexibility index (Phi) is 5.53. The van der Waals surface area contributed by atoms with Gasteiger partial charge in [0, 0.05) is 18.5 Å². The largest absolute Gasteiger partial charge is 0.444 e. The lowest BCUT2D eigenvalue weighted by molar-refractivity contribution is -0.0354. The SMILES string of the molecule is C[C@H]1C[C@@H](c2nc([C@H]3COCCN3C(=O)OC(C)(C)C)no2)CCN1C. The zero-order valence-electron chi connectivity index (χ0n) is 16.4. The summed E-state index contributed by atoms with van der Waals surface area (Å²) in [6.07, 6.45) is 1.62. The molecular formula is C18H30N4O4. The molecule has 3 rings (SSSR count). The molecule has 8 heteroatoms. The highest BCUT2D eigenvalue weighted by Crippen LogP contribution is 2.31. The topological polar surface area (TPSA) is 80.9 Å². The van der Waals surface area contributed by atoms with E-state index in [9.17, 15) is 4.79 Å². The fraction of sp³-hybridized carbons (Fsp3) is 0.833. The molecule has 26 heavy (non-hydrogen) atoms. The Hall–Kier alpha value is -1.67. The molecule has 0 spiro atoms. The Morgan fingerprint density at radius 1 is 1.31 bits per heavy atom. The molecule has 0 aromatic carbocycles. The van der Waals surface area contributed by atoms with Crippen molar-refractivity contribution in [1.29, 1.82) is 0 Å². The zero-order valence-corrected chi connectivity index (χ0v) is 16.4. The van der Waals surface area contributed by atoms with Crippen molar-refractivity contribution in [2.75, 3.05) is 33.4 Å². The molecule has 3 atom stereocenters. The fourth-order valence-electron chi connectivity index (χ4n) is 3.42. The summed E-state index contributed by atoms with van der Waals surface area (Å²) in [4.78, 5) is 21.1. The Morgan fingerprint density at radius 2 is 2.08 bits per heavy atom. The van der Waals surface area contributed by atoms with Gasteiger partial charge in [0.25, 0.3) is 0 Å². The molecule has 1 aromatic heterocycles. The number of likely N-dealkylation sites (tertiary alicyclic amines) is 1. The van der Waals surface area contributed by atoms with E-state index in [4.69, 9.17) is 14.0 Å². The van der Waals surface area contributed by atoms with Gasteiger partial charge in [-0.1, -0.05) is 5.16 Å². The van der Waals surface area contributed by atoms with E-state index in [1.54, 1.807) is 4.90 Å². The average Bonchev–Trinajstić information content (AvgIpc) is 3.06. The van der Waals surface area contributed by atoms with Crippen LogP contribution in [-0.2, 0) is 9.47 Å². The molecule has 2 aliphatic rings. The predicted molar refractivity (Wildman–Crippen MR) is 94.9 cm³/mol. The van der Waals surface area contributed by atoms with Gasteiger partial charge in [0.05, 0.1) is 13.2 Å². The Balaban J connectivity index is 1.73. The molecule has 0 bridgehead atoms. The highest BCUT2D eigenvalue weighted by Gasteiger charge is 2.36. The first-order chi connectivity index (χ1) is 12.2. The molecule has 3 heterocycles. The molecule has 0 saturated carbocycles. The van der Waals surface area contributed by atoms with Gasteiger partial charge < -0.3 is 18.9 Å². The van der Waals surface area contributed by atoms with Crippen molar-refractivity contribution in [2.24, 2.45) is 0 Å². The van der Waals surface area contributed by atoms with E-state index in [2.05, 4.69) is 29.0 Å². The third-order valence-corrected chi connectivity index (χ3v) is 5.07. The number of aromatic nitrogens is 2. The summed E-state index contributed by atoms with van der Waals surface area (Å²) in [5.74, 6) is 1.42. The van der Waals surface area contributed by atoms with Crippen molar-refractivity contribution in [3.05, 3.63) is 11.7 Å². The quantitative estimate of drug-likeness (QED) is 0.796. The van der Waals surface area contributed by atoms with Crippen LogP contribution in [0.4, 0.5) is 4.79 Å². The molecule has 0 radical (unpaired) electrons. The Labute approximate surface area is 154 Å². The van der Waals surface area contributed by atoms with E-state index in [-0.39, 0.29) is 18.1 Å². The summed E-state index contributed by atoms with van der Waals surface area (Å²) in [5.41, 5.74) is -0.549. The summed E-state index contributed by atoms with van der Waals surface area (Å²) in [6, 6.07) is 0.111. The van der Waals surface area contributed by atoms with Crippen LogP contribution < -0.4 is 0 Å². The van der Waals surface area contributed by atoms with E-state index in [0.717, 1.165) is 19.4 Å². The van der Waals surface area contributed by atoms with Gasteiger partial charge >= 0.3 is 6.09 Å². The molecule has 2 saturated heterocycles. The second-order valence-electron chi connectivity index (χ2n) is 8.31. The maximum absolute atomic E-state index is 12.5. The number of amides is 1. The number of hydrogen-bond acceptors (Lipinski definition) is 7. The van der Waals surface area contributed by atoms with Crippen molar-refractivity contribution in [3.8, 4) is 0 Å². The number of morpholine rings is 1. The van der Waals surface area contributed by atoms with Crippen LogP contribution in [0.2, 0.25) is 0 Å². The van der Waals surface area contributed by atoms with Gasteiger partial charge in [-0.3, -0.25) is 4.90 Å². The first-order valence-corrected chi connectivity index (χ1v) is 9.35. The minimum atomic E-state index is -0.549. The third kappa shape index (κ3) is 4.35. The smallest absolute Gasteiger partial charge is 0.411 e. The van der Waals surface area contributed by atoms with Crippen molar-refractivity contribution >= 4 is 6.09 Å². The number of piperidine rings is 1.